The van der Waals surface area contributed by atoms with E-state index in [1.165, 1.54) is 4.90 Å². The van der Waals surface area contributed by atoms with Gasteiger partial charge in [-0.1, -0.05) is 61.1 Å². The van der Waals surface area contributed by atoms with Gasteiger partial charge in [-0.15, -0.1) is 0 Å². The predicted molar refractivity (Wildman–Crippen MR) is 147 cm³/mol. The van der Waals surface area contributed by atoms with Crippen molar-refractivity contribution >= 4 is 62.3 Å². The normalized spacial score (nSPS) is 12.2. The second-order valence-electron chi connectivity index (χ2n) is 8.54. The molecule has 2 rings (SSSR count). The van der Waals surface area contributed by atoms with Crippen LogP contribution in [0, 0.1) is 6.92 Å². The Labute approximate surface area is 228 Å². The minimum Gasteiger partial charge on any atom is -0.354 e. The Morgan fingerprint density at radius 1 is 1.03 bits per heavy atom. The average molecular weight is 577 g/mol. The molecule has 2 aromatic rings. The quantitative estimate of drug-likeness (QED) is 0.341. The first-order valence-electron chi connectivity index (χ1n) is 11.6. The van der Waals surface area contributed by atoms with Crippen molar-refractivity contribution < 1.29 is 18.0 Å². The first-order valence-corrected chi connectivity index (χ1v) is 14.6. The number of sulfonamides is 1. The lowest BCUT2D eigenvalue weighted by Crippen LogP contribution is -2.52. The molecule has 0 unspecified atom stereocenters. The fraction of sp³-hybridized carbons (Fsp3) is 0.440. The molecular formula is C25H32Cl3N3O4S. The molecule has 0 aliphatic heterocycles. The van der Waals surface area contributed by atoms with Crippen LogP contribution in [0.3, 0.4) is 0 Å². The number of carbonyl (C=O) groups is 2. The number of carbonyl (C=O) groups excluding carboxylic acids is 2. The van der Waals surface area contributed by atoms with Crippen LogP contribution in [0.4, 0.5) is 5.69 Å². The largest absolute Gasteiger partial charge is 0.354 e. The fourth-order valence-corrected chi connectivity index (χ4v) is 5.21. The molecule has 0 aliphatic carbocycles. The van der Waals surface area contributed by atoms with Gasteiger partial charge in [0.25, 0.3) is 0 Å². The van der Waals surface area contributed by atoms with E-state index in [0.29, 0.717) is 44.8 Å². The predicted octanol–water partition coefficient (Wildman–Crippen LogP) is 5.44. The number of rotatable bonds is 12. The highest BCUT2D eigenvalue weighted by molar-refractivity contribution is 7.92. The first kappa shape index (κ1) is 30.2. The van der Waals surface area contributed by atoms with Gasteiger partial charge in [-0.3, -0.25) is 13.9 Å². The van der Waals surface area contributed by atoms with E-state index in [0.717, 1.165) is 23.4 Å². The van der Waals surface area contributed by atoms with Gasteiger partial charge in [-0.25, -0.2) is 8.42 Å². The van der Waals surface area contributed by atoms with E-state index in [9.17, 15) is 18.0 Å². The topological polar surface area (TPSA) is 86.8 Å². The number of nitrogens with zero attached hydrogens (tertiary/aromatic N) is 2. The fourth-order valence-electron chi connectivity index (χ4n) is 3.75. The molecule has 0 saturated carbocycles. The molecule has 0 bridgehead atoms. The molecule has 0 heterocycles. The maximum Gasteiger partial charge on any atom is 0.244 e. The zero-order valence-corrected chi connectivity index (χ0v) is 23.9. The highest BCUT2D eigenvalue weighted by Gasteiger charge is 2.32. The number of hydrogen-bond donors (Lipinski definition) is 1. The van der Waals surface area contributed by atoms with Gasteiger partial charge in [0, 0.05) is 18.1 Å². The molecule has 0 aliphatic rings. The Bertz CT molecular complexity index is 1190. The molecule has 1 atom stereocenters. The van der Waals surface area contributed by atoms with Gasteiger partial charge in [0.1, 0.15) is 12.6 Å². The molecule has 0 radical (unpaired) electrons. The summed E-state index contributed by atoms with van der Waals surface area (Å²) in [4.78, 5) is 28.1. The average Bonchev–Trinajstić information content (AvgIpc) is 2.79. The SMILES string of the molecule is CCCCNC(=O)[C@H](CC)N(Cc1ccc(Cl)c(Cl)c1)C(=O)CN(c1ccc(Cl)cc1C)S(C)(=O)=O. The number of hydrogen-bond acceptors (Lipinski definition) is 4. The molecule has 0 aromatic heterocycles. The van der Waals surface area contributed by atoms with Gasteiger partial charge < -0.3 is 10.2 Å². The summed E-state index contributed by atoms with van der Waals surface area (Å²) in [6, 6.07) is 8.90. The lowest BCUT2D eigenvalue weighted by atomic mass is 10.1. The Balaban J connectivity index is 2.46. The molecular weight excluding hydrogens is 545 g/mol. The van der Waals surface area contributed by atoms with Crippen LogP contribution >= 0.6 is 34.8 Å². The molecule has 0 fully saturated rings. The lowest BCUT2D eigenvalue weighted by Gasteiger charge is -2.33. The Kier molecular flexibility index (Phi) is 11.3. The highest BCUT2D eigenvalue weighted by atomic mass is 35.5. The molecule has 2 amide bonds. The second-order valence-corrected chi connectivity index (χ2v) is 11.7. The number of anilines is 1. The minimum absolute atomic E-state index is 0.0482. The monoisotopic (exact) mass is 575 g/mol. The number of amides is 2. The van der Waals surface area contributed by atoms with E-state index in [1.54, 1.807) is 50.2 Å². The van der Waals surface area contributed by atoms with Crippen LogP contribution in [0.1, 0.15) is 44.2 Å². The highest BCUT2D eigenvalue weighted by Crippen LogP contribution is 2.27. The standard InChI is InChI=1S/C25H32Cl3N3O4S/c1-5-7-12-29-25(33)22(6-2)30(15-18-8-10-20(27)21(28)14-18)24(32)16-31(36(4,34)35)23-11-9-19(26)13-17(23)3/h8-11,13-14,22H,5-7,12,15-16H2,1-4H3,(H,29,33)/t22-/m0/s1. The van der Waals surface area contributed by atoms with Gasteiger partial charge in [0.15, 0.2) is 0 Å². The van der Waals surface area contributed by atoms with Crippen LogP contribution < -0.4 is 9.62 Å². The van der Waals surface area contributed by atoms with Gasteiger partial charge in [0.05, 0.1) is 22.0 Å². The van der Waals surface area contributed by atoms with Gasteiger partial charge in [-0.2, -0.15) is 0 Å². The Morgan fingerprint density at radius 3 is 2.28 bits per heavy atom. The molecule has 0 spiro atoms. The van der Waals surface area contributed by atoms with E-state index in [2.05, 4.69) is 5.32 Å². The molecule has 1 N–H and O–H groups in total. The summed E-state index contributed by atoms with van der Waals surface area (Å²) in [5, 5.41) is 4.01. The Hall–Kier alpha value is -2.00. The first-order chi connectivity index (χ1) is 16.9. The smallest absolute Gasteiger partial charge is 0.244 e. The van der Waals surface area contributed by atoms with Crippen LogP contribution in [0.25, 0.3) is 0 Å². The van der Waals surface area contributed by atoms with Crippen LogP contribution in [0.15, 0.2) is 36.4 Å². The summed E-state index contributed by atoms with van der Waals surface area (Å²) in [6.45, 7) is 5.58. The summed E-state index contributed by atoms with van der Waals surface area (Å²) < 4.78 is 26.5. The van der Waals surface area contributed by atoms with Crippen molar-refractivity contribution in [2.75, 3.05) is 23.7 Å². The number of unbranched alkanes of at least 4 members (excludes halogenated alkanes) is 1. The van der Waals surface area contributed by atoms with Crippen LogP contribution in [0.5, 0.6) is 0 Å². The van der Waals surface area contributed by atoms with E-state index < -0.39 is 28.5 Å². The van der Waals surface area contributed by atoms with E-state index in [1.807, 2.05) is 6.92 Å². The van der Waals surface area contributed by atoms with E-state index in [-0.39, 0.29) is 12.5 Å². The summed E-state index contributed by atoms with van der Waals surface area (Å²) in [7, 11) is -3.83. The third-order valence-electron chi connectivity index (χ3n) is 5.66. The van der Waals surface area contributed by atoms with Crippen LogP contribution in [0.2, 0.25) is 15.1 Å². The zero-order chi connectivity index (χ0) is 27.0. The van der Waals surface area contributed by atoms with E-state index in [4.69, 9.17) is 34.8 Å². The lowest BCUT2D eigenvalue weighted by molar-refractivity contribution is -0.140. The summed E-state index contributed by atoms with van der Waals surface area (Å²) in [5.74, 6) is -0.828. The molecule has 198 valence electrons. The minimum atomic E-state index is -3.83. The third-order valence-corrected chi connectivity index (χ3v) is 7.76. The number of aryl methyl sites for hydroxylation is 1. The van der Waals surface area contributed by atoms with Crippen molar-refractivity contribution in [3.8, 4) is 0 Å². The molecule has 7 nitrogen and oxygen atoms in total. The summed E-state index contributed by atoms with van der Waals surface area (Å²) >= 11 is 18.3. The number of halogens is 3. The van der Waals surface area contributed by atoms with Gasteiger partial charge >= 0.3 is 0 Å². The molecule has 2 aromatic carbocycles. The zero-order valence-electron chi connectivity index (χ0n) is 20.9. The van der Waals surface area contributed by atoms with E-state index >= 15 is 0 Å². The van der Waals surface area contributed by atoms with Gasteiger partial charge in [-0.05, 0) is 61.2 Å². The maximum atomic E-state index is 13.7. The van der Waals surface area contributed by atoms with Crippen LogP contribution in [-0.2, 0) is 26.2 Å². The molecule has 0 saturated heterocycles. The maximum absolute atomic E-state index is 13.7. The second kappa shape index (κ2) is 13.5. The van der Waals surface area contributed by atoms with Crippen molar-refractivity contribution in [2.24, 2.45) is 0 Å². The molecule has 36 heavy (non-hydrogen) atoms. The van der Waals surface area contributed by atoms with Crippen molar-refractivity contribution in [1.29, 1.82) is 0 Å². The summed E-state index contributed by atoms with van der Waals surface area (Å²) in [6.07, 6.45) is 3.09. The van der Waals surface area contributed by atoms with Gasteiger partial charge in [0.2, 0.25) is 21.8 Å². The van der Waals surface area contributed by atoms with Crippen molar-refractivity contribution in [3.05, 3.63) is 62.6 Å². The summed E-state index contributed by atoms with van der Waals surface area (Å²) in [5.41, 5.74) is 1.59. The van der Waals surface area contributed by atoms with Crippen LogP contribution in [-0.4, -0.2) is 50.5 Å². The molecule has 11 heteroatoms. The number of nitrogens with one attached hydrogen (secondary N) is 1. The van der Waals surface area contributed by atoms with Crippen molar-refractivity contribution in [3.63, 3.8) is 0 Å². The Morgan fingerprint density at radius 2 is 1.72 bits per heavy atom. The van der Waals surface area contributed by atoms with Crippen molar-refractivity contribution in [2.45, 2.75) is 52.6 Å². The number of benzene rings is 2. The van der Waals surface area contributed by atoms with Crippen molar-refractivity contribution in [1.82, 2.24) is 10.2 Å². The third kappa shape index (κ3) is 8.26.